The maximum atomic E-state index is 5.19. The molecule has 0 radical (unpaired) electrons. The molecule has 0 saturated carbocycles. The van der Waals surface area contributed by atoms with E-state index in [-0.39, 0.29) is 0 Å². The average molecular weight is 164 g/mol. The number of alkyl halides is 1. The second-order valence-corrected chi connectivity index (χ2v) is 2.88. The first-order valence-corrected chi connectivity index (χ1v) is 4.72. The number of halogens is 1. The lowest BCUT2D eigenvalue weighted by molar-refractivity contribution is 0.520. The molecule has 0 spiro atoms. The summed E-state index contributed by atoms with van der Waals surface area (Å²) in [6.07, 6.45) is 5.30. The maximum absolute atomic E-state index is 5.19. The summed E-state index contributed by atoms with van der Waals surface area (Å²) >= 11 is 5.19. The van der Waals surface area contributed by atoms with E-state index in [4.69, 9.17) is 11.6 Å². The minimum Gasteiger partial charge on any atom is -0.317 e. The van der Waals surface area contributed by atoms with Crippen molar-refractivity contribution in [3.63, 3.8) is 0 Å². The normalized spacial score (nSPS) is 17.4. The van der Waals surface area contributed by atoms with E-state index in [2.05, 4.69) is 5.32 Å². The van der Waals surface area contributed by atoms with Crippen molar-refractivity contribution in [1.29, 1.82) is 0 Å². The smallest absolute Gasteiger partial charge is 0.0220 e. The van der Waals surface area contributed by atoms with Gasteiger partial charge in [-0.3, -0.25) is 0 Å². The molecule has 1 nitrogen and oxygen atoms in total. The summed E-state index contributed by atoms with van der Waals surface area (Å²) in [5, 5.41) is 3.28. The zero-order chi connectivity index (χ0) is 7.66. The van der Waals surface area contributed by atoms with E-state index in [0.29, 0.717) is 0 Å². The Morgan fingerprint density at radius 1 is 1.20 bits per heavy atom. The van der Waals surface area contributed by atoms with Gasteiger partial charge < -0.3 is 5.32 Å². The lowest BCUT2D eigenvalue weighted by Crippen LogP contribution is -2.21. The third-order valence-electron chi connectivity index (χ3n) is 1.40. The summed E-state index contributed by atoms with van der Waals surface area (Å²) in [4.78, 5) is 0. The Balaban J connectivity index is 0.000000180. The number of rotatable bonds is 1. The van der Waals surface area contributed by atoms with Gasteiger partial charge in [0.25, 0.3) is 0 Å². The maximum Gasteiger partial charge on any atom is 0.0220 e. The van der Waals surface area contributed by atoms with Crippen molar-refractivity contribution in [2.75, 3.05) is 19.0 Å². The van der Waals surface area contributed by atoms with Crippen LogP contribution < -0.4 is 5.32 Å². The van der Waals surface area contributed by atoms with Gasteiger partial charge in [-0.05, 0) is 32.4 Å². The SMILES string of the molecule is C1CCNCC1.CCCCl. The first kappa shape index (κ1) is 10.2. The van der Waals surface area contributed by atoms with E-state index < -0.39 is 0 Å². The molecule has 1 rings (SSSR count). The summed E-state index contributed by atoms with van der Waals surface area (Å²) in [5.41, 5.74) is 0. The van der Waals surface area contributed by atoms with Crippen molar-refractivity contribution in [2.24, 2.45) is 0 Å². The molecule has 1 fully saturated rings. The highest BCUT2D eigenvalue weighted by molar-refractivity contribution is 6.17. The largest absolute Gasteiger partial charge is 0.317 e. The van der Waals surface area contributed by atoms with Crippen LogP contribution in [0.1, 0.15) is 32.6 Å². The molecule has 2 heteroatoms. The van der Waals surface area contributed by atoms with Crippen LogP contribution in [-0.2, 0) is 0 Å². The molecule has 1 aliphatic rings. The van der Waals surface area contributed by atoms with Gasteiger partial charge in [0, 0.05) is 5.88 Å². The quantitative estimate of drug-likeness (QED) is 0.586. The Morgan fingerprint density at radius 2 is 1.70 bits per heavy atom. The Bertz CT molecular complexity index is 39.7. The van der Waals surface area contributed by atoms with Crippen LogP contribution in [0.15, 0.2) is 0 Å². The summed E-state index contributed by atoms with van der Waals surface area (Å²) in [7, 11) is 0. The van der Waals surface area contributed by atoms with Crippen molar-refractivity contribution in [3.05, 3.63) is 0 Å². The molecule has 0 unspecified atom stereocenters. The highest BCUT2D eigenvalue weighted by Gasteiger charge is 1.93. The molecule has 1 saturated heterocycles. The van der Waals surface area contributed by atoms with Gasteiger partial charge in [0.05, 0.1) is 0 Å². The molecular formula is C8H18ClN. The molecule has 0 bridgehead atoms. The van der Waals surface area contributed by atoms with E-state index in [1.54, 1.807) is 0 Å². The Hall–Kier alpha value is 0.250. The average Bonchev–Trinajstić information content (AvgIpc) is 2.08. The Labute approximate surface area is 69.1 Å². The van der Waals surface area contributed by atoms with Gasteiger partial charge in [0.2, 0.25) is 0 Å². The topological polar surface area (TPSA) is 12.0 Å². The monoisotopic (exact) mass is 163 g/mol. The fraction of sp³-hybridized carbons (Fsp3) is 1.00. The third kappa shape index (κ3) is 8.25. The molecule has 0 atom stereocenters. The second kappa shape index (κ2) is 9.25. The van der Waals surface area contributed by atoms with Crippen molar-refractivity contribution < 1.29 is 0 Å². The molecule has 10 heavy (non-hydrogen) atoms. The number of hydrogen-bond acceptors (Lipinski definition) is 1. The fourth-order valence-corrected chi connectivity index (χ4v) is 0.802. The molecular weight excluding hydrogens is 146 g/mol. The van der Waals surface area contributed by atoms with Crippen LogP contribution in [0.3, 0.4) is 0 Å². The second-order valence-electron chi connectivity index (χ2n) is 2.50. The van der Waals surface area contributed by atoms with Gasteiger partial charge in [0.15, 0.2) is 0 Å². The first-order chi connectivity index (χ1) is 4.91. The van der Waals surface area contributed by atoms with E-state index in [1.807, 2.05) is 6.92 Å². The molecule has 0 aromatic heterocycles. The van der Waals surface area contributed by atoms with Crippen LogP contribution in [0.4, 0.5) is 0 Å². The summed E-state index contributed by atoms with van der Waals surface area (Å²) in [6, 6.07) is 0. The molecule has 62 valence electrons. The highest BCUT2D eigenvalue weighted by Crippen LogP contribution is 1.96. The minimum absolute atomic E-state index is 0.792. The predicted octanol–water partition coefficient (Wildman–Crippen LogP) is 2.40. The lowest BCUT2D eigenvalue weighted by atomic mass is 10.2. The Morgan fingerprint density at radius 3 is 1.80 bits per heavy atom. The lowest BCUT2D eigenvalue weighted by Gasteiger charge is -2.08. The predicted molar refractivity (Wildman–Crippen MR) is 47.7 cm³/mol. The van der Waals surface area contributed by atoms with Crippen molar-refractivity contribution in [1.82, 2.24) is 5.32 Å². The summed E-state index contributed by atoms with van der Waals surface area (Å²) in [6.45, 7) is 4.55. The molecule has 0 amide bonds. The van der Waals surface area contributed by atoms with Crippen LogP contribution in [-0.4, -0.2) is 19.0 Å². The molecule has 0 aromatic rings. The van der Waals surface area contributed by atoms with E-state index in [1.165, 1.54) is 32.4 Å². The van der Waals surface area contributed by atoms with Crippen LogP contribution in [0.2, 0.25) is 0 Å². The summed E-state index contributed by atoms with van der Waals surface area (Å²) in [5.74, 6) is 0.792. The first-order valence-electron chi connectivity index (χ1n) is 4.18. The van der Waals surface area contributed by atoms with Crippen LogP contribution >= 0.6 is 11.6 Å². The van der Waals surface area contributed by atoms with Crippen LogP contribution in [0.5, 0.6) is 0 Å². The van der Waals surface area contributed by atoms with Gasteiger partial charge in [-0.2, -0.15) is 0 Å². The van der Waals surface area contributed by atoms with E-state index in [0.717, 1.165) is 12.3 Å². The van der Waals surface area contributed by atoms with Gasteiger partial charge >= 0.3 is 0 Å². The van der Waals surface area contributed by atoms with Crippen molar-refractivity contribution in [2.45, 2.75) is 32.6 Å². The van der Waals surface area contributed by atoms with Gasteiger partial charge in [-0.15, -0.1) is 11.6 Å². The van der Waals surface area contributed by atoms with Crippen LogP contribution in [0.25, 0.3) is 0 Å². The van der Waals surface area contributed by atoms with Gasteiger partial charge in [-0.1, -0.05) is 13.3 Å². The zero-order valence-corrected chi connectivity index (χ0v) is 7.58. The standard InChI is InChI=1S/C5H11N.C3H7Cl/c1-2-4-6-5-3-1;1-2-3-4/h6H,1-5H2;2-3H2,1H3. The molecule has 1 aliphatic heterocycles. The third-order valence-corrected chi connectivity index (χ3v) is 1.77. The molecule has 0 aromatic carbocycles. The number of piperidine rings is 1. The van der Waals surface area contributed by atoms with Crippen molar-refractivity contribution in [3.8, 4) is 0 Å². The summed E-state index contributed by atoms with van der Waals surface area (Å²) < 4.78 is 0. The van der Waals surface area contributed by atoms with E-state index in [9.17, 15) is 0 Å². The molecule has 1 N–H and O–H groups in total. The number of nitrogens with one attached hydrogen (secondary N) is 1. The number of hydrogen-bond donors (Lipinski definition) is 1. The minimum atomic E-state index is 0.792. The van der Waals surface area contributed by atoms with Gasteiger partial charge in [-0.25, -0.2) is 0 Å². The Kier molecular flexibility index (Phi) is 9.48. The molecule has 1 heterocycles. The van der Waals surface area contributed by atoms with Crippen LogP contribution in [0, 0.1) is 0 Å². The molecule has 0 aliphatic carbocycles. The zero-order valence-electron chi connectivity index (χ0n) is 6.83. The van der Waals surface area contributed by atoms with Crippen molar-refractivity contribution >= 4 is 11.6 Å². The fourth-order valence-electron chi connectivity index (χ4n) is 0.802. The highest BCUT2D eigenvalue weighted by atomic mass is 35.5. The van der Waals surface area contributed by atoms with Gasteiger partial charge in [0.1, 0.15) is 0 Å². The van der Waals surface area contributed by atoms with E-state index >= 15 is 0 Å².